The summed E-state index contributed by atoms with van der Waals surface area (Å²) >= 11 is 4.17. The van der Waals surface area contributed by atoms with Crippen LogP contribution in [-0.4, -0.2) is 33.3 Å². The van der Waals surface area contributed by atoms with E-state index in [1.807, 2.05) is 0 Å². The molecule has 0 atom stereocenters. The van der Waals surface area contributed by atoms with Gasteiger partial charge in [-0.2, -0.15) is 0 Å². The van der Waals surface area contributed by atoms with Crippen LogP contribution in [0.3, 0.4) is 0 Å². The summed E-state index contributed by atoms with van der Waals surface area (Å²) in [5, 5.41) is 0.830. The maximum absolute atomic E-state index is 3.16. The SMILES string of the molecule is [Na][C]#CCBr. The van der Waals surface area contributed by atoms with Gasteiger partial charge in [-0.3, -0.25) is 0 Å². The number of rotatable bonds is 0. The Hall–Kier alpha value is 1.04. The van der Waals surface area contributed by atoms with Crippen molar-refractivity contribution in [2.24, 2.45) is 0 Å². The summed E-state index contributed by atoms with van der Waals surface area (Å²) < 4.78 is 2.86. The van der Waals surface area contributed by atoms with Gasteiger partial charge < -0.3 is 0 Å². The second-order valence-electron chi connectivity index (χ2n) is 0.560. The van der Waals surface area contributed by atoms with Gasteiger partial charge in [0.15, 0.2) is 0 Å². The Kier molecular flexibility index (Phi) is 6.09. The van der Waals surface area contributed by atoms with E-state index >= 15 is 0 Å². The molecule has 0 rings (SSSR count). The molecule has 22 valence electrons. The molecule has 0 heterocycles. The number of hydrogen-bond donors (Lipinski definition) is 0. The molecule has 5 heavy (non-hydrogen) atoms. The van der Waals surface area contributed by atoms with Crippen LogP contribution in [0.2, 0.25) is 0 Å². The van der Waals surface area contributed by atoms with Crippen LogP contribution in [0.4, 0.5) is 0 Å². The third-order valence-corrected chi connectivity index (χ3v) is 0.878. The topological polar surface area (TPSA) is 0 Å². The van der Waals surface area contributed by atoms with Gasteiger partial charge in [0.25, 0.3) is 0 Å². The third-order valence-electron chi connectivity index (χ3n) is 0.244. The van der Waals surface area contributed by atoms with E-state index in [9.17, 15) is 0 Å². The zero-order chi connectivity index (χ0) is 4.12. The summed E-state index contributed by atoms with van der Waals surface area (Å²) in [6.45, 7) is 0. The molecule has 0 aromatic carbocycles. The van der Waals surface area contributed by atoms with Crippen LogP contribution in [0.25, 0.3) is 0 Å². The minimum atomic E-state index is 0.830. The van der Waals surface area contributed by atoms with E-state index in [1.54, 1.807) is 0 Å². The molecule has 0 aromatic rings. The summed E-state index contributed by atoms with van der Waals surface area (Å²) in [5.41, 5.74) is 0. The van der Waals surface area contributed by atoms with Gasteiger partial charge in [-0.1, -0.05) is 0 Å². The predicted molar refractivity (Wildman–Crippen MR) is 27.3 cm³/mol. The first-order valence-corrected chi connectivity index (χ1v) is 3.49. The van der Waals surface area contributed by atoms with Crippen molar-refractivity contribution in [2.45, 2.75) is 0 Å². The third kappa shape index (κ3) is 5.04. The average molecular weight is 141 g/mol. The zero-order valence-corrected chi connectivity index (χ0v) is 6.67. The van der Waals surface area contributed by atoms with Gasteiger partial charge in [0.05, 0.1) is 0 Å². The Morgan fingerprint density at radius 1 is 1.80 bits per heavy atom. The number of hydrogen-bond acceptors (Lipinski definition) is 0. The molecular weight excluding hydrogens is 139 g/mol. The average Bonchev–Trinajstić information content (AvgIpc) is 1.41. The summed E-state index contributed by atoms with van der Waals surface area (Å²) in [4.78, 5) is 0. The summed E-state index contributed by atoms with van der Waals surface area (Å²) in [5.74, 6) is 2.84. The van der Waals surface area contributed by atoms with Gasteiger partial charge in [0, 0.05) is 0 Å². The molecule has 0 saturated heterocycles. The van der Waals surface area contributed by atoms with Crippen molar-refractivity contribution in [1.29, 1.82) is 0 Å². The number of alkyl halides is 1. The molecule has 0 aromatic heterocycles. The molecule has 0 fully saturated rings. The van der Waals surface area contributed by atoms with Crippen LogP contribution in [-0.2, 0) is 0 Å². The van der Waals surface area contributed by atoms with Crippen molar-refractivity contribution in [1.82, 2.24) is 0 Å². The summed E-state index contributed by atoms with van der Waals surface area (Å²) in [7, 11) is 0. The quantitative estimate of drug-likeness (QED) is 0.262. The molecule has 2 heteroatoms. The van der Waals surface area contributed by atoms with Crippen LogP contribution in [0.1, 0.15) is 0 Å². The van der Waals surface area contributed by atoms with Crippen molar-refractivity contribution < 1.29 is 0 Å². The molecule has 0 nitrogen and oxygen atoms in total. The van der Waals surface area contributed by atoms with Gasteiger partial charge in [0.1, 0.15) is 0 Å². The van der Waals surface area contributed by atoms with E-state index in [1.165, 1.54) is 0 Å². The van der Waals surface area contributed by atoms with E-state index in [4.69, 9.17) is 0 Å². The van der Waals surface area contributed by atoms with Gasteiger partial charge in [-0.15, -0.1) is 0 Å². The Balaban J connectivity index is 2.81. The van der Waals surface area contributed by atoms with Gasteiger partial charge in [-0.25, -0.2) is 0 Å². The molecule has 0 spiro atoms. The summed E-state index contributed by atoms with van der Waals surface area (Å²) in [6, 6.07) is 0. The Labute approximate surface area is 57.9 Å². The normalized spacial score (nSPS) is 5.40. The molecule has 0 saturated carbocycles. The molecule has 0 radical (unpaired) electrons. The van der Waals surface area contributed by atoms with E-state index < -0.39 is 0 Å². The molecular formula is C3H2BrNa. The first-order valence-electron chi connectivity index (χ1n) is 1.37. The van der Waals surface area contributed by atoms with Crippen LogP contribution in [0.5, 0.6) is 0 Å². The van der Waals surface area contributed by atoms with Crippen molar-refractivity contribution in [3.05, 3.63) is 0 Å². The molecule has 0 aliphatic heterocycles. The monoisotopic (exact) mass is 140 g/mol. The molecule has 0 N–H and O–H groups in total. The van der Waals surface area contributed by atoms with Crippen molar-refractivity contribution in [3.63, 3.8) is 0 Å². The fraction of sp³-hybridized carbons (Fsp3) is 0.333. The standard InChI is InChI=1S/C3H2Br.Na/c1-2-3-4;/h3H2;. The second-order valence-corrected chi connectivity index (χ2v) is 1.62. The maximum atomic E-state index is 3.16. The van der Waals surface area contributed by atoms with Crippen LogP contribution in [0.15, 0.2) is 0 Å². The van der Waals surface area contributed by atoms with Crippen LogP contribution < -0.4 is 0 Å². The molecule has 0 aliphatic rings. The first-order chi connectivity index (χ1) is 2.41. The van der Waals surface area contributed by atoms with E-state index in [-0.39, 0.29) is 0 Å². The van der Waals surface area contributed by atoms with E-state index in [0.717, 1.165) is 33.3 Å². The van der Waals surface area contributed by atoms with Crippen molar-refractivity contribution in [2.75, 3.05) is 5.33 Å². The van der Waals surface area contributed by atoms with Gasteiger partial charge in [0.2, 0.25) is 0 Å². The van der Waals surface area contributed by atoms with Crippen LogP contribution >= 0.6 is 15.9 Å². The fourth-order valence-corrected chi connectivity index (χ4v) is 1.04. The molecule has 0 amide bonds. The van der Waals surface area contributed by atoms with E-state index in [2.05, 4.69) is 25.0 Å². The van der Waals surface area contributed by atoms with Crippen LogP contribution in [0, 0.1) is 9.09 Å². The Bertz CT molecular complexity index is 59.0. The second kappa shape index (κ2) is 5.04. The van der Waals surface area contributed by atoms with Gasteiger partial charge in [-0.05, 0) is 0 Å². The fourth-order valence-electron chi connectivity index (χ4n) is 0.0668. The first kappa shape index (κ1) is 6.04. The molecule has 0 bridgehead atoms. The summed E-state index contributed by atoms with van der Waals surface area (Å²) in [6.07, 6.45) is 0. The number of halogens is 1. The van der Waals surface area contributed by atoms with Crippen molar-refractivity contribution >= 4 is 43.9 Å². The zero-order valence-electron chi connectivity index (χ0n) is 3.09. The minimum absolute atomic E-state index is 0.830. The van der Waals surface area contributed by atoms with E-state index in [0.29, 0.717) is 0 Å². The van der Waals surface area contributed by atoms with Crippen molar-refractivity contribution in [3.8, 4) is 9.09 Å². The van der Waals surface area contributed by atoms with Gasteiger partial charge >= 0.3 is 58.3 Å². The predicted octanol–water partition coefficient (Wildman–Crippen LogP) is 0.511. The Morgan fingerprint density at radius 3 is 2.40 bits per heavy atom. The molecule has 0 aliphatic carbocycles. The molecule has 0 unspecified atom stereocenters. The Morgan fingerprint density at radius 2 is 2.40 bits per heavy atom.